The van der Waals surface area contributed by atoms with E-state index in [0.29, 0.717) is 11.1 Å². The van der Waals surface area contributed by atoms with Gasteiger partial charge in [0.15, 0.2) is 6.23 Å². The highest BCUT2D eigenvalue weighted by atomic mass is 16.3. The fraction of sp³-hybridized carbons (Fsp3) is 0.469. The number of rotatable bonds is 8. The summed E-state index contributed by atoms with van der Waals surface area (Å²) in [4.78, 5) is 87.0. The van der Waals surface area contributed by atoms with E-state index in [0.717, 1.165) is 29.2 Å². The first-order chi connectivity index (χ1) is 33.6. The number of nitrogens with zero attached hydrogens (tertiary/aromatic N) is 2. The van der Waals surface area contributed by atoms with Gasteiger partial charge in [0.05, 0.1) is 30.5 Å². The molecule has 0 spiro atoms. The van der Waals surface area contributed by atoms with Gasteiger partial charge in [0.25, 0.3) is 0 Å². The molecular weight excluding hydrogens is 927 g/mol. The van der Waals surface area contributed by atoms with Crippen LogP contribution in [0.1, 0.15) is 62.0 Å². The third-order valence-electron chi connectivity index (χ3n) is 12.8. The van der Waals surface area contributed by atoms with E-state index in [-0.39, 0.29) is 24.4 Å². The molecule has 0 bridgehead atoms. The number of amides is 6. The van der Waals surface area contributed by atoms with Crippen molar-refractivity contribution in [1.82, 2.24) is 36.4 Å². The Morgan fingerprint density at radius 3 is 1.82 bits per heavy atom. The maximum atomic E-state index is 14.3. The molecular formula is C49H61N7O15. The van der Waals surface area contributed by atoms with Gasteiger partial charge in [-0.3, -0.25) is 28.8 Å². The summed E-state index contributed by atoms with van der Waals surface area (Å²) in [5.74, 6) is -1.91. The highest BCUT2D eigenvalue weighted by Crippen LogP contribution is 2.27. The van der Waals surface area contributed by atoms with Crippen molar-refractivity contribution in [2.45, 2.75) is 125 Å². The maximum Gasteiger partial charge on any atom is 0.248 e. The lowest BCUT2D eigenvalue weighted by Crippen LogP contribution is -2.64. The summed E-state index contributed by atoms with van der Waals surface area (Å²) in [5, 5.41) is 111. The molecule has 0 saturated carbocycles. The molecule has 0 aromatic heterocycles. The fourth-order valence-corrected chi connectivity index (χ4v) is 8.69. The van der Waals surface area contributed by atoms with Gasteiger partial charge in [0.1, 0.15) is 54.3 Å². The predicted octanol–water partition coefficient (Wildman–Crippen LogP) is -4.07. The Balaban J connectivity index is 1.36. The summed E-state index contributed by atoms with van der Waals surface area (Å²) >= 11 is 0. The van der Waals surface area contributed by atoms with Crippen LogP contribution in [-0.2, 0) is 35.3 Å². The summed E-state index contributed by atoms with van der Waals surface area (Å²) < 4.78 is 0. The van der Waals surface area contributed by atoms with Gasteiger partial charge >= 0.3 is 0 Å². The number of fused-ring (bicyclic) bond motifs is 2. The molecule has 3 saturated heterocycles. The normalized spacial score (nSPS) is 29.9. The molecule has 6 rings (SSSR count). The Morgan fingerprint density at radius 2 is 1.21 bits per heavy atom. The second kappa shape index (κ2) is 23.6. The minimum atomic E-state index is -2.26. The maximum absolute atomic E-state index is 14.3. The Morgan fingerprint density at radius 1 is 0.648 bits per heavy atom. The van der Waals surface area contributed by atoms with E-state index in [1.807, 2.05) is 30.3 Å². The summed E-state index contributed by atoms with van der Waals surface area (Å²) in [5.41, 5.74) is 2.04. The summed E-state index contributed by atoms with van der Waals surface area (Å²) in [6.07, 6.45) is -15.9. The summed E-state index contributed by atoms with van der Waals surface area (Å²) in [6.45, 7) is 2.84. The topological polar surface area (TPSA) is 351 Å². The van der Waals surface area contributed by atoms with Crippen molar-refractivity contribution in [2.75, 3.05) is 13.1 Å². The Kier molecular flexibility index (Phi) is 17.9. The van der Waals surface area contributed by atoms with Crippen LogP contribution in [0, 0.1) is 17.8 Å². The van der Waals surface area contributed by atoms with Gasteiger partial charge in [-0.2, -0.15) is 0 Å². The molecule has 22 heteroatoms. The third kappa shape index (κ3) is 13.1. The summed E-state index contributed by atoms with van der Waals surface area (Å²) in [6, 6.07) is 10.0. The Hall–Kier alpha value is -6.52. The van der Waals surface area contributed by atoms with Gasteiger partial charge in [-0.25, -0.2) is 0 Å². The highest BCUT2D eigenvalue weighted by Gasteiger charge is 2.50. The number of benzene rings is 3. The predicted molar refractivity (Wildman–Crippen MR) is 249 cm³/mol. The van der Waals surface area contributed by atoms with Crippen LogP contribution in [0.2, 0.25) is 0 Å². The molecule has 3 aromatic carbocycles. The largest absolute Gasteiger partial charge is 0.508 e. The smallest absolute Gasteiger partial charge is 0.248 e. The first-order valence-electron chi connectivity index (χ1n) is 23.1. The van der Waals surface area contributed by atoms with Crippen molar-refractivity contribution < 1.29 is 74.7 Å². The van der Waals surface area contributed by atoms with E-state index < -0.39 is 146 Å². The lowest BCUT2D eigenvalue weighted by Gasteiger charge is -2.34. The van der Waals surface area contributed by atoms with Gasteiger partial charge in [0, 0.05) is 49.5 Å². The van der Waals surface area contributed by atoms with E-state index in [1.165, 1.54) is 31.2 Å². The van der Waals surface area contributed by atoms with Gasteiger partial charge < -0.3 is 82.3 Å². The zero-order valence-electron chi connectivity index (χ0n) is 39.1. The second-order valence-electron chi connectivity index (χ2n) is 18.3. The van der Waals surface area contributed by atoms with E-state index >= 15 is 0 Å². The van der Waals surface area contributed by atoms with Crippen LogP contribution < -0.4 is 26.6 Å². The molecule has 3 heterocycles. The molecule has 71 heavy (non-hydrogen) atoms. The van der Waals surface area contributed by atoms with E-state index in [2.05, 4.69) is 38.4 Å². The molecule has 15 atom stereocenters. The van der Waals surface area contributed by atoms with Crippen LogP contribution in [0.15, 0.2) is 78.9 Å². The number of hydrogen-bond donors (Lipinski definition) is 14. The molecule has 0 unspecified atom stereocenters. The molecule has 382 valence electrons. The van der Waals surface area contributed by atoms with Crippen molar-refractivity contribution in [3.63, 3.8) is 0 Å². The average molecular weight is 988 g/mol. The molecule has 0 radical (unpaired) electrons. The number of carbonyl (C=O) groups excluding carboxylic acids is 6. The number of hydrogen-bond acceptors (Lipinski definition) is 16. The van der Waals surface area contributed by atoms with E-state index in [1.54, 1.807) is 24.3 Å². The van der Waals surface area contributed by atoms with E-state index in [4.69, 9.17) is 0 Å². The van der Waals surface area contributed by atoms with Crippen LogP contribution in [-0.4, -0.2) is 183 Å². The van der Waals surface area contributed by atoms with E-state index in [9.17, 15) is 74.7 Å². The van der Waals surface area contributed by atoms with Gasteiger partial charge in [-0.1, -0.05) is 61.2 Å². The molecule has 3 fully saturated rings. The number of aromatic hydroxyl groups is 1. The Bertz CT molecular complexity index is 2430. The number of carbonyl (C=O) groups is 6. The quantitative estimate of drug-likeness (QED) is 0.0955. The van der Waals surface area contributed by atoms with Crippen LogP contribution in [0.25, 0.3) is 0 Å². The fourth-order valence-electron chi connectivity index (χ4n) is 8.69. The first kappa shape index (κ1) is 53.8. The zero-order valence-corrected chi connectivity index (χ0v) is 39.1. The van der Waals surface area contributed by atoms with Gasteiger partial charge in [-0.05, 0) is 61.4 Å². The number of nitrogens with one attached hydrogen (secondary N) is 5. The monoisotopic (exact) mass is 987 g/mol. The SMILES string of the molecule is C[C@@H](O)[C@@H]1NC(=O)[C@H]([C@H](O)[C@@H](O)c2ccc(O)cc2)NC(=O)[C@@H]2C[C@@H](O)CN2C(=O)[C@H]([C@@H](C)O)NC(=O)[C@H](NCc2ccc(C#Cc3ccccc3)cc2)C[C@@H](O)[C@@H](O)NC(=O)[C@@H]2[C@@H](O)[C@@H](C)CN2C1=O. The molecule has 3 aliphatic heterocycles. The van der Waals surface area contributed by atoms with Crippen molar-refractivity contribution in [2.24, 2.45) is 5.92 Å². The van der Waals surface area contributed by atoms with Crippen molar-refractivity contribution in [1.29, 1.82) is 0 Å². The molecule has 3 aliphatic rings. The van der Waals surface area contributed by atoms with Crippen molar-refractivity contribution in [3.8, 4) is 17.6 Å². The molecule has 14 N–H and O–H groups in total. The molecule has 6 amide bonds. The second-order valence-corrected chi connectivity index (χ2v) is 18.3. The number of aliphatic hydroxyl groups is 8. The van der Waals surface area contributed by atoms with Crippen molar-refractivity contribution in [3.05, 3.63) is 101 Å². The average Bonchev–Trinajstić information content (AvgIpc) is 3.89. The van der Waals surface area contributed by atoms with Crippen LogP contribution in [0.3, 0.4) is 0 Å². The first-order valence-corrected chi connectivity index (χ1v) is 23.1. The van der Waals surface area contributed by atoms with Crippen LogP contribution in [0.5, 0.6) is 5.75 Å². The standard InChI is InChI=1S/C49H61N7O15/c1-24-22-56-39(40(24)62)47(69)54-45(67)35(61)20-33(50-21-29-13-11-28(12-14-29)10-9-27-7-5-4-6-8-27)43(65)51-36(25(2)57)48(70)55-23-32(60)19-34(55)44(66)53-38(46(68)52-37(26(3)58)49(56)71)42(64)41(63)30-15-17-31(59)18-16-30/h4-8,11-18,24-26,32-42,45,50,57-64,67H,19-23H2,1-3H3,(H,51,65)(H,52,68)(H,53,66)(H,54,69)/t24-,25+,26+,32+,33+,34-,35+,36-,37-,38-,39-,40-,41-,42-,45+/m0/s1. The third-order valence-corrected chi connectivity index (χ3v) is 12.8. The lowest BCUT2D eigenvalue weighted by molar-refractivity contribution is -0.148. The highest BCUT2D eigenvalue weighted by molar-refractivity contribution is 5.98. The molecule has 22 nitrogen and oxygen atoms in total. The zero-order chi connectivity index (χ0) is 51.8. The lowest BCUT2D eigenvalue weighted by atomic mass is 9.96. The Labute approximate surface area is 408 Å². The minimum absolute atomic E-state index is 0.0530. The summed E-state index contributed by atoms with van der Waals surface area (Å²) in [7, 11) is 0. The number of phenols is 1. The van der Waals surface area contributed by atoms with Gasteiger partial charge in [-0.15, -0.1) is 0 Å². The molecule has 3 aromatic rings. The van der Waals surface area contributed by atoms with Crippen LogP contribution >= 0.6 is 0 Å². The minimum Gasteiger partial charge on any atom is -0.508 e. The van der Waals surface area contributed by atoms with Crippen molar-refractivity contribution >= 4 is 35.4 Å². The molecule has 0 aliphatic carbocycles. The van der Waals surface area contributed by atoms with Gasteiger partial charge in [0.2, 0.25) is 35.4 Å². The van der Waals surface area contributed by atoms with Crippen LogP contribution in [0.4, 0.5) is 0 Å². The number of aliphatic hydroxyl groups excluding tert-OH is 8. The number of phenolic OH excluding ortho intramolecular Hbond substituents is 1.